The van der Waals surface area contributed by atoms with Crippen molar-refractivity contribution in [2.45, 2.75) is 38.6 Å². The molecule has 0 amide bonds. The van der Waals surface area contributed by atoms with Crippen molar-refractivity contribution in [1.82, 2.24) is 0 Å². The third kappa shape index (κ3) is 5.16. The molecule has 2 rings (SSSR count). The number of hydrogen-bond acceptors (Lipinski definition) is 2. The number of benzene rings is 2. The summed E-state index contributed by atoms with van der Waals surface area (Å²) in [6.07, 6.45) is 0.692. The first-order chi connectivity index (χ1) is 10.2. The van der Waals surface area contributed by atoms with Crippen molar-refractivity contribution in [1.29, 1.82) is 0 Å². The van der Waals surface area contributed by atoms with Gasteiger partial charge in [0.15, 0.2) is 0 Å². The van der Waals surface area contributed by atoms with Gasteiger partial charge in [0.2, 0.25) is 0 Å². The van der Waals surface area contributed by atoms with Crippen LogP contribution in [0.15, 0.2) is 54.6 Å². The van der Waals surface area contributed by atoms with E-state index in [1.807, 2.05) is 61.5 Å². The molecule has 0 unspecified atom stereocenters. The fourth-order valence-electron chi connectivity index (χ4n) is 2.15. The fourth-order valence-corrected chi connectivity index (χ4v) is 2.38. The highest BCUT2D eigenvalue weighted by Crippen LogP contribution is 2.18. The van der Waals surface area contributed by atoms with E-state index in [0.29, 0.717) is 13.0 Å². The topological polar surface area (TPSA) is 29.5 Å². The highest BCUT2D eigenvalue weighted by atomic mass is 35.5. The molecule has 0 heterocycles. The van der Waals surface area contributed by atoms with Crippen LogP contribution in [-0.4, -0.2) is 17.3 Å². The van der Waals surface area contributed by atoms with Crippen molar-refractivity contribution in [2.75, 3.05) is 0 Å². The van der Waals surface area contributed by atoms with Gasteiger partial charge in [-0.1, -0.05) is 60.1 Å². The maximum atomic E-state index is 10.2. The summed E-state index contributed by atoms with van der Waals surface area (Å²) >= 11 is 6.12. The lowest BCUT2D eigenvalue weighted by Gasteiger charge is -2.19. The summed E-state index contributed by atoms with van der Waals surface area (Å²) < 4.78 is 5.73. The Balaban J connectivity index is 1.77. The van der Waals surface area contributed by atoms with Crippen molar-refractivity contribution >= 4 is 11.6 Å². The minimum atomic E-state index is -0.495. The van der Waals surface area contributed by atoms with E-state index in [4.69, 9.17) is 16.3 Å². The highest BCUT2D eigenvalue weighted by molar-refractivity contribution is 6.31. The summed E-state index contributed by atoms with van der Waals surface area (Å²) in [6.45, 7) is 2.42. The molecule has 0 saturated carbocycles. The lowest BCUT2D eigenvalue weighted by atomic mass is 10.0. The Morgan fingerprint density at radius 2 is 1.71 bits per heavy atom. The van der Waals surface area contributed by atoms with Crippen LogP contribution in [0, 0.1) is 0 Å². The van der Waals surface area contributed by atoms with E-state index in [1.54, 1.807) is 0 Å². The fraction of sp³-hybridized carbons (Fsp3) is 0.333. The van der Waals surface area contributed by atoms with E-state index in [-0.39, 0.29) is 6.10 Å². The zero-order valence-corrected chi connectivity index (χ0v) is 13.0. The van der Waals surface area contributed by atoms with Crippen LogP contribution < -0.4 is 0 Å². The van der Waals surface area contributed by atoms with E-state index in [1.165, 1.54) is 0 Å². The van der Waals surface area contributed by atoms with Crippen molar-refractivity contribution < 1.29 is 9.84 Å². The number of aliphatic hydroxyl groups excluding tert-OH is 1. The summed E-state index contributed by atoms with van der Waals surface area (Å²) in [4.78, 5) is 0. The molecule has 2 aromatic rings. The summed E-state index contributed by atoms with van der Waals surface area (Å²) in [5.41, 5.74) is 2.18. The zero-order valence-electron chi connectivity index (χ0n) is 12.2. The van der Waals surface area contributed by atoms with Crippen LogP contribution in [0.3, 0.4) is 0 Å². The second kappa shape index (κ2) is 8.18. The molecule has 112 valence electrons. The molecule has 0 aliphatic carbocycles. The Kier molecular flexibility index (Phi) is 6.24. The molecular formula is C18H21ClO2. The molecule has 0 aromatic heterocycles. The number of ether oxygens (including phenoxy) is 1. The lowest BCUT2D eigenvalue weighted by Crippen LogP contribution is -2.26. The molecule has 2 nitrogen and oxygen atoms in total. The van der Waals surface area contributed by atoms with Gasteiger partial charge in [-0.05, 0) is 37.0 Å². The van der Waals surface area contributed by atoms with Crippen LogP contribution >= 0.6 is 11.6 Å². The minimum Gasteiger partial charge on any atom is -0.390 e. The molecule has 0 aliphatic heterocycles. The number of halogens is 1. The van der Waals surface area contributed by atoms with E-state index in [0.717, 1.165) is 22.6 Å². The van der Waals surface area contributed by atoms with Gasteiger partial charge in [-0.3, -0.25) is 0 Å². The summed E-state index contributed by atoms with van der Waals surface area (Å²) in [5, 5.41) is 10.9. The van der Waals surface area contributed by atoms with Gasteiger partial charge in [-0.25, -0.2) is 0 Å². The Morgan fingerprint density at radius 1 is 1.05 bits per heavy atom. The van der Waals surface area contributed by atoms with Crippen molar-refractivity contribution in [2.24, 2.45) is 0 Å². The van der Waals surface area contributed by atoms with Gasteiger partial charge in [-0.15, -0.1) is 0 Å². The van der Waals surface area contributed by atoms with Crippen LogP contribution in [0.2, 0.25) is 5.02 Å². The largest absolute Gasteiger partial charge is 0.390 e. The van der Waals surface area contributed by atoms with E-state index in [2.05, 4.69) is 0 Å². The van der Waals surface area contributed by atoms with Crippen LogP contribution in [-0.2, 0) is 17.8 Å². The Labute approximate surface area is 131 Å². The van der Waals surface area contributed by atoms with E-state index < -0.39 is 6.10 Å². The second-order valence-electron chi connectivity index (χ2n) is 5.20. The SMILES string of the molecule is C[C@H](OCc1ccccc1)[C@@H](O)CCc1ccccc1Cl. The maximum absolute atomic E-state index is 10.2. The number of hydrogen-bond donors (Lipinski definition) is 1. The van der Waals surface area contributed by atoms with Crippen molar-refractivity contribution in [3.05, 3.63) is 70.7 Å². The van der Waals surface area contributed by atoms with Gasteiger partial charge in [-0.2, -0.15) is 0 Å². The lowest BCUT2D eigenvalue weighted by molar-refractivity contribution is -0.0377. The average molecular weight is 305 g/mol. The van der Waals surface area contributed by atoms with Crippen LogP contribution in [0.4, 0.5) is 0 Å². The van der Waals surface area contributed by atoms with Gasteiger partial charge >= 0.3 is 0 Å². The molecule has 0 bridgehead atoms. The Morgan fingerprint density at radius 3 is 2.43 bits per heavy atom. The number of rotatable bonds is 7. The second-order valence-corrected chi connectivity index (χ2v) is 5.61. The standard InChI is InChI=1S/C18H21ClO2/c1-14(21-13-15-7-3-2-4-8-15)18(20)12-11-16-9-5-6-10-17(16)19/h2-10,14,18,20H,11-13H2,1H3/t14-,18-/m0/s1. The average Bonchev–Trinajstić information content (AvgIpc) is 2.52. The smallest absolute Gasteiger partial charge is 0.0810 e. The molecular weight excluding hydrogens is 284 g/mol. The van der Waals surface area contributed by atoms with Crippen LogP contribution in [0.25, 0.3) is 0 Å². The Bertz CT molecular complexity index is 542. The zero-order chi connectivity index (χ0) is 15.1. The number of aliphatic hydroxyl groups is 1. The quantitative estimate of drug-likeness (QED) is 0.829. The van der Waals surface area contributed by atoms with Gasteiger partial charge in [0.05, 0.1) is 18.8 Å². The molecule has 2 aromatic carbocycles. The molecule has 0 saturated heterocycles. The summed E-state index contributed by atoms with van der Waals surface area (Å²) in [6, 6.07) is 17.7. The van der Waals surface area contributed by atoms with Crippen molar-refractivity contribution in [3.8, 4) is 0 Å². The van der Waals surface area contributed by atoms with Gasteiger partial charge in [0, 0.05) is 5.02 Å². The Hall–Kier alpha value is -1.35. The van der Waals surface area contributed by atoms with Gasteiger partial charge in [0.25, 0.3) is 0 Å². The molecule has 0 fully saturated rings. The van der Waals surface area contributed by atoms with Crippen LogP contribution in [0.1, 0.15) is 24.5 Å². The van der Waals surface area contributed by atoms with E-state index in [9.17, 15) is 5.11 Å². The summed E-state index contributed by atoms with van der Waals surface area (Å²) in [5.74, 6) is 0. The maximum Gasteiger partial charge on any atom is 0.0810 e. The first-order valence-corrected chi connectivity index (χ1v) is 7.61. The number of aryl methyl sites for hydroxylation is 1. The van der Waals surface area contributed by atoms with Gasteiger partial charge < -0.3 is 9.84 Å². The van der Waals surface area contributed by atoms with Crippen molar-refractivity contribution in [3.63, 3.8) is 0 Å². The minimum absolute atomic E-state index is 0.201. The molecule has 0 aliphatic rings. The molecule has 1 N–H and O–H groups in total. The molecule has 0 radical (unpaired) electrons. The first kappa shape index (κ1) is 16.0. The molecule has 2 atom stereocenters. The summed E-state index contributed by atoms with van der Waals surface area (Å²) in [7, 11) is 0. The predicted molar refractivity (Wildman–Crippen MR) is 86.5 cm³/mol. The first-order valence-electron chi connectivity index (χ1n) is 7.24. The van der Waals surface area contributed by atoms with Gasteiger partial charge in [0.1, 0.15) is 0 Å². The molecule has 0 spiro atoms. The monoisotopic (exact) mass is 304 g/mol. The van der Waals surface area contributed by atoms with Crippen LogP contribution in [0.5, 0.6) is 0 Å². The molecule has 21 heavy (non-hydrogen) atoms. The van der Waals surface area contributed by atoms with E-state index >= 15 is 0 Å². The third-order valence-corrected chi connectivity index (χ3v) is 3.93. The normalized spacial score (nSPS) is 13.9. The molecule has 3 heteroatoms. The predicted octanol–water partition coefficient (Wildman–Crippen LogP) is 4.24. The third-order valence-electron chi connectivity index (χ3n) is 3.56. The highest BCUT2D eigenvalue weighted by Gasteiger charge is 2.15.